The number of amides is 1. The number of allylic oxidation sites excluding steroid dienone is 1. The van der Waals surface area contributed by atoms with Crippen LogP contribution in [0.2, 0.25) is 0 Å². The minimum atomic E-state index is -1.10. The van der Waals surface area contributed by atoms with Gasteiger partial charge in [0.2, 0.25) is 0 Å². The average Bonchev–Trinajstić information content (AvgIpc) is 3.12. The summed E-state index contributed by atoms with van der Waals surface area (Å²) in [5.74, 6) is -1.12. The van der Waals surface area contributed by atoms with Crippen LogP contribution in [0.5, 0.6) is 0 Å². The lowest BCUT2D eigenvalue weighted by atomic mass is 10.0. The SMILES string of the molecule is Cc1cccc(NC(=O)c2cnn3c2NC(C(=O)O)=CC3c2ccccc2)c1. The zero-order valence-electron chi connectivity index (χ0n) is 15.1. The van der Waals surface area contributed by atoms with Gasteiger partial charge in [-0.25, -0.2) is 9.48 Å². The number of carbonyl (C=O) groups is 2. The highest BCUT2D eigenvalue weighted by Gasteiger charge is 2.29. The van der Waals surface area contributed by atoms with Crippen LogP contribution < -0.4 is 10.6 Å². The Balaban J connectivity index is 1.71. The van der Waals surface area contributed by atoms with Crippen LogP contribution >= 0.6 is 0 Å². The second-order valence-corrected chi connectivity index (χ2v) is 6.54. The predicted molar refractivity (Wildman–Crippen MR) is 105 cm³/mol. The van der Waals surface area contributed by atoms with E-state index in [1.807, 2.05) is 55.5 Å². The average molecular weight is 374 g/mol. The van der Waals surface area contributed by atoms with E-state index in [2.05, 4.69) is 15.7 Å². The van der Waals surface area contributed by atoms with E-state index in [1.54, 1.807) is 16.8 Å². The van der Waals surface area contributed by atoms with E-state index >= 15 is 0 Å². The molecule has 0 spiro atoms. The van der Waals surface area contributed by atoms with Gasteiger partial charge in [-0.1, -0.05) is 42.5 Å². The molecule has 140 valence electrons. The van der Waals surface area contributed by atoms with Crippen molar-refractivity contribution in [2.75, 3.05) is 10.6 Å². The molecule has 0 radical (unpaired) electrons. The predicted octanol–water partition coefficient (Wildman–Crippen LogP) is 3.43. The maximum absolute atomic E-state index is 12.8. The van der Waals surface area contributed by atoms with Crippen molar-refractivity contribution in [2.45, 2.75) is 13.0 Å². The fraction of sp³-hybridized carbons (Fsp3) is 0.0952. The summed E-state index contributed by atoms with van der Waals surface area (Å²) in [6.45, 7) is 1.94. The number of nitrogens with zero attached hydrogens (tertiary/aromatic N) is 2. The molecule has 7 nitrogen and oxygen atoms in total. The number of fused-ring (bicyclic) bond motifs is 1. The molecule has 3 aromatic rings. The standard InChI is InChI=1S/C21H18N4O3/c1-13-6-5-9-15(10-13)23-20(26)16-12-22-25-18(14-7-3-2-4-8-14)11-17(21(27)28)24-19(16)25/h2-12,18,24H,1H3,(H,23,26)(H,27,28). The Morgan fingerprint density at radius 2 is 1.93 bits per heavy atom. The highest BCUT2D eigenvalue weighted by Crippen LogP contribution is 2.32. The quantitative estimate of drug-likeness (QED) is 0.650. The lowest BCUT2D eigenvalue weighted by Gasteiger charge is -2.24. The molecule has 0 saturated carbocycles. The fourth-order valence-corrected chi connectivity index (χ4v) is 3.20. The molecule has 1 atom stereocenters. The number of aliphatic carboxylic acids is 1. The van der Waals surface area contributed by atoms with E-state index in [1.165, 1.54) is 6.20 Å². The van der Waals surface area contributed by atoms with Gasteiger partial charge in [-0.05, 0) is 36.3 Å². The summed E-state index contributed by atoms with van der Waals surface area (Å²) in [5.41, 5.74) is 2.83. The lowest BCUT2D eigenvalue weighted by molar-refractivity contribution is -0.132. The highest BCUT2D eigenvalue weighted by atomic mass is 16.4. The van der Waals surface area contributed by atoms with Gasteiger partial charge in [0, 0.05) is 5.69 Å². The Morgan fingerprint density at radius 1 is 1.14 bits per heavy atom. The number of hydrogen-bond donors (Lipinski definition) is 3. The van der Waals surface area contributed by atoms with Crippen LogP contribution in [-0.2, 0) is 4.79 Å². The first kappa shape index (κ1) is 17.5. The Labute approximate surface area is 161 Å². The van der Waals surface area contributed by atoms with Gasteiger partial charge < -0.3 is 15.7 Å². The van der Waals surface area contributed by atoms with Crippen molar-refractivity contribution >= 4 is 23.4 Å². The Kier molecular flexibility index (Phi) is 4.41. The molecule has 7 heteroatoms. The number of rotatable bonds is 4. The van der Waals surface area contributed by atoms with Gasteiger partial charge in [0.15, 0.2) is 0 Å². The second-order valence-electron chi connectivity index (χ2n) is 6.54. The van der Waals surface area contributed by atoms with Gasteiger partial charge in [-0.3, -0.25) is 4.79 Å². The van der Waals surface area contributed by atoms with Crippen molar-refractivity contribution in [1.82, 2.24) is 9.78 Å². The Morgan fingerprint density at radius 3 is 2.64 bits per heavy atom. The number of carboxylic acid groups (broad SMARTS) is 1. The summed E-state index contributed by atoms with van der Waals surface area (Å²) >= 11 is 0. The van der Waals surface area contributed by atoms with Gasteiger partial charge >= 0.3 is 5.97 Å². The largest absolute Gasteiger partial charge is 0.477 e. The molecule has 0 bridgehead atoms. The van der Waals surface area contributed by atoms with E-state index in [-0.39, 0.29) is 17.2 Å². The van der Waals surface area contributed by atoms with Crippen molar-refractivity contribution in [3.63, 3.8) is 0 Å². The van der Waals surface area contributed by atoms with Crippen LogP contribution in [0.4, 0.5) is 11.5 Å². The summed E-state index contributed by atoms with van der Waals surface area (Å²) in [6.07, 6.45) is 3.03. The summed E-state index contributed by atoms with van der Waals surface area (Å²) in [4.78, 5) is 24.4. The molecular weight excluding hydrogens is 356 g/mol. The zero-order chi connectivity index (χ0) is 19.7. The number of hydrogen-bond acceptors (Lipinski definition) is 4. The van der Waals surface area contributed by atoms with Crippen LogP contribution in [0.15, 0.2) is 72.6 Å². The van der Waals surface area contributed by atoms with Crippen molar-refractivity contribution < 1.29 is 14.7 Å². The molecule has 28 heavy (non-hydrogen) atoms. The smallest absolute Gasteiger partial charge is 0.352 e. The molecule has 3 N–H and O–H groups in total. The number of carbonyl (C=O) groups excluding carboxylic acids is 1. The summed E-state index contributed by atoms with van der Waals surface area (Å²) < 4.78 is 1.62. The van der Waals surface area contributed by atoms with Crippen LogP contribution in [0.3, 0.4) is 0 Å². The van der Waals surface area contributed by atoms with Gasteiger partial charge in [-0.2, -0.15) is 5.10 Å². The molecule has 1 aliphatic heterocycles. The normalized spacial score (nSPS) is 15.2. The van der Waals surface area contributed by atoms with E-state index in [4.69, 9.17) is 0 Å². The molecule has 1 aromatic heterocycles. The van der Waals surface area contributed by atoms with Crippen molar-refractivity contribution in [2.24, 2.45) is 0 Å². The van der Waals surface area contributed by atoms with E-state index in [0.717, 1.165) is 11.1 Å². The second kappa shape index (κ2) is 7.03. The molecule has 1 unspecified atom stereocenters. The third kappa shape index (κ3) is 3.25. The van der Waals surface area contributed by atoms with Crippen LogP contribution in [0.25, 0.3) is 0 Å². The first-order chi connectivity index (χ1) is 13.5. The first-order valence-electron chi connectivity index (χ1n) is 8.75. The molecule has 4 rings (SSSR count). The zero-order valence-corrected chi connectivity index (χ0v) is 15.1. The molecule has 0 aliphatic carbocycles. The van der Waals surface area contributed by atoms with E-state index in [0.29, 0.717) is 11.5 Å². The molecular formula is C21H18N4O3. The van der Waals surface area contributed by atoms with Crippen molar-refractivity contribution in [3.05, 3.63) is 89.3 Å². The minimum absolute atomic E-state index is 0.00598. The van der Waals surface area contributed by atoms with Gasteiger partial charge in [0.25, 0.3) is 5.91 Å². The molecule has 2 aromatic carbocycles. The molecule has 1 aliphatic rings. The summed E-state index contributed by atoms with van der Waals surface area (Å²) in [5, 5.41) is 19.5. The Hall–Kier alpha value is -3.87. The van der Waals surface area contributed by atoms with Gasteiger partial charge in [0.05, 0.1) is 12.2 Å². The fourth-order valence-electron chi connectivity index (χ4n) is 3.20. The van der Waals surface area contributed by atoms with Crippen LogP contribution in [0, 0.1) is 6.92 Å². The number of anilines is 2. The number of carboxylic acids is 1. The van der Waals surface area contributed by atoms with Crippen LogP contribution in [-0.4, -0.2) is 26.8 Å². The molecule has 1 amide bonds. The minimum Gasteiger partial charge on any atom is -0.477 e. The number of aromatic nitrogens is 2. The third-order valence-electron chi connectivity index (χ3n) is 4.53. The number of aryl methyl sites for hydroxylation is 1. The van der Waals surface area contributed by atoms with Crippen LogP contribution in [0.1, 0.15) is 27.5 Å². The van der Waals surface area contributed by atoms with E-state index in [9.17, 15) is 14.7 Å². The lowest BCUT2D eigenvalue weighted by Crippen LogP contribution is -2.25. The third-order valence-corrected chi connectivity index (χ3v) is 4.53. The summed E-state index contributed by atoms with van der Waals surface area (Å²) in [6, 6.07) is 16.4. The highest BCUT2D eigenvalue weighted by molar-refractivity contribution is 6.08. The molecule has 2 heterocycles. The van der Waals surface area contributed by atoms with E-state index < -0.39 is 12.0 Å². The number of nitrogens with one attached hydrogen (secondary N) is 2. The van der Waals surface area contributed by atoms with Gasteiger partial charge in [-0.15, -0.1) is 0 Å². The van der Waals surface area contributed by atoms with Crippen molar-refractivity contribution in [3.8, 4) is 0 Å². The first-order valence-corrected chi connectivity index (χ1v) is 8.75. The topological polar surface area (TPSA) is 96.3 Å². The van der Waals surface area contributed by atoms with Gasteiger partial charge in [0.1, 0.15) is 17.1 Å². The molecule has 0 saturated heterocycles. The molecule has 0 fully saturated rings. The summed E-state index contributed by atoms with van der Waals surface area (Å²) in [7, 11) is 0. The maximum Gasteiger partial charge on any atom is 0.352 e. The number of benzene rings is 2. The monoisotopic (exact) mass is 374 g/mol. The maximum atomic E-state index is 12.8. The van der Waals surface area contributed by atoms with Crippen molar-refractivity contribution in [1.29, 1.82) is 0 Å². The Bertz CT molecular complexity index is 1090.